The summed E-state index contributed by atoms with van der Waals surface area (Å²) in [6, 6.07) is 3.84. The smallest absolute Gasteiger partial charge is 0.284 e. The first-order chi connectivity index (χ1) is 10.1. The molecule has 0 aliphatic rings. The molecule has 0 aliphatic heterocycles. The van der Waals surface area contributed by atoms with Crippen molar-refractivity contribution in [1.29, 1.82) is 0 Å². The molecule has 0 N–H and O–H groups in total. The Morgan fingerprint density at radius 3 is 1.86 bits per heavy atom. The molecule has 0 unspecified atom stereocenters. The van der Waals surface area contributed by atoms with Crippen LogP contribution in [0.5, 0.6) is 0 Å². The van der Waals surface area contributed by atoms with E-state index in [2.05, 4.69) is 0 Å². The lowest BCUT2D eigenvalue weighted by Crippen LogP contribution is -2.32. The number of carbonyl (C=O) groups excluding carboxylic acids is 1. The Kier molecular flexibility index (Phi) is 6.13. The average molecular weight is 337 g/mol. The standard InChI is InChI=1S/C14H18F3NO3S/c1-3-9-18(10-4-2)22(20,21)12-7-5-11(6-8-12)13(19)14(15,16)17/h5-8H,3-4,9-10H2,1-2H3. The van der Waals surface area contributed by atoms with Crippen molar-refractivity contribution >= 4 is 15.8 Å². The van der Waals surface area contributed by atoms with E-state index >= 15 is 0 Å². The van der Waals surface area contributed by atoms with Gasteiger partial charge in [-0.25, -0.2) is 8.42 Å². The summed E-state index contributed by atoms with van der Waals surface area (Å²) in [6.07, 6.45) is -3.72. The van der Waals surface area contributed by atoms with Gasteiger partial charge in [-0.15, -0.1) is 0 Å². The molecule has 1 aromatic rings. The maximum absolute atomic E-state index is 12.4. The highest BCUT2D eigenvalue weighted by Crippen LogP contribution is 2.23. The summed E-state index contributed by atoms with van der Waals surface area (Å²) in [5, 5.41) is 0. The number of sulfonamides is 1. The minimum absolute atomic E-state index is 0.117. The minimum Gasteiger partial charge on any atom is -0.284 e. The number of rotatable bonds is 7. The van der Waals surface area contributed by atoms with Crippen molar-refractivity contribution in [3.05, 3.63) is 29.8 Å². The van der Waals surface area contributed by atoms with Crippen molar-refractivity contribution in [2.45, 2.75) is 37.8 Å². The molecule has 8 heteroatoms. The molecule has 1 rings (SSSR count). The highest BCUT2D eigenvalue weighted by molar-refractivity contribution is 7.89. The molecular formula is C14H18F3NO3S. The zero-order chi connectivity index (χ0) is 17.0. The van der Waals surface area contributed by atoms with E-state index in [1.165, 1.54) is 4.31 Å². The van der Waals surface area contributed by atoms with Gasteiger partial charge in [0.25, 0.3) is 5.78 Å². The van der Waals surface area contributed by atoms with Crippen LogP contribution < -0.4 is 0 Å². The summed E-state index contributed by atoms with van der Waals surface area (Å²) in [6.45, 7) is 4.34. The Labute approximate surface area is 128 Å². The monoisotopic (exact) mass is 337 g/mol. The van der Waals surface area contributed by atoms with Crippen LogP contribution in [0.1, 0.15) is 37.0 Å². The fourth-order valence-corrected chi connectivity index (χ4v) is 3.57. The van der Waals surface area contributed by atoms with Gasteiger partial charge in [0.1, 0.15) is 0 Å². The van der Waals surface area contributed by atoms with E-state index in [4.69, 9.17) is 0 Å². The Bertz CT molecular complexity index is 603. The van der Waals surface area contributed by atoms with Gasteiger partial charge >= 0.3 is 6.18 Å². The first kappa shape index (κ1) is 18.6. The third-order valence-corrected chi connectivity index (χ3v) is 4.87. The molecule has 0 bridgehead atoms. The van der Waals surface area contributed by atoms with Crippen molar-refractivity contribution in [2.75, 3.05) is 13.1 Å². The molecule has 0 amide bonds. The molecule has 0 saturated carbocycles. The molecule has 0 radical (unpaired) electrons. The Morgan fingerprint density at radius 1 is 1.05 bits per heavy atom. The number of ketones is 1. The summed E-state index contributed by atoms with van der Waals surface area (Å²) in [7, 11) is -3.76. The number of hydrogen-bond acceptors (Lipinski definition) is 3. The molecule has 124 valence electrons. The lowest BCUT2D eigenvalue weighted by atomic mass is 10.1. The van der Waals surface area contributed by atoms with E-state index in [0.29, 0.717) is 25.9 Å². The third kappa shape index (κ3) is 4.30. The third-order valence-electron chi connectivity index (χ3n) is 2.96. The van der Waals surface area contributed by atoms with Crippen LogP contribution in [0.3, 0.4) is 0 Å². The van der Waals surface area contributed by atoms with Crippen LogP contribution in [0.2, 0.25) is 0 Å². The van der Waals surface area contributed by atoms with Crippen LogP contribution in [-0.2, 0) is 10.0 Å². The number of alkyl halides is 3. The van der Waals surface area contributed by atoms with Crippen LogP contribution in [0.15, 0.2) is 29.2 Å². The number of halogens is 3. The maximum Gasteiger partial charge on any atom is 0.454 e. The largest absolute Gasteiger partial charge is 0.454 e. The van der Waals surface area contributed by atoms with E-state index in [1.54, 1.807) is 0 Å². The van der Waals surface area contributed by atoms with Crippen molar-refractivity contribution in [2.24, 2.45) is 0 Å². The van der Waals surface area contributed by atoms with Crippen LogP contribution >= 0.6 is 0 Å². The van der Waals surface area contributed by atoms with Crippen molar-refractivity contribution in [1.82, 2.24) is 4.31 Å². The predicted octanol–water partition coefficient (Wildman–Crippen LogP) is 3.24. The van der Waals surface area contributed by atoms with Crippen molar-refractivity contribution < 1.29 is 26.4 Å². The second-order valence-electron chi connectivity index (χ2n) is 4.76. The molecule has 22 heavy (non-hydrogen) atoms. The quantitative estimate of drug-likeness (QED) is 0.718. The zero-order valence-corrected chi connectivity index (χ0v) is 13.2. The van der Waals surface area contributed by atoms with E-state index in [9.17, 15) is 26.4 Å². The van der Waals surface area contributed by atoms with E-state index in [0.717, 1.165) is 24.3 Å². The minimum atomic E-state index is -4.98. The number of benzene rings is 1. The van der Waals surface area contributed by atoms with Gasteiger partial charge in [-0.3, -0.25) is 4.79 Å². The summed E-state index contributed by atoms with van der Waals surface area (Å²) in [5.41, 5.74) is -0.580. The molecule has 0 spiro atoms. The van der Waals surface area contributed by atoms with Gasteiger partial charge in [0.05, 0.1) is 4.90 Å². The van der Waals surface area contributed by atoms with Gasteiger partial charge in [-0.05, 0) is 37.1 Å². The SMILES string of the molecule is CCCN(CCC)S(=O)(=O)c1ccc(C(=O)C(F)(F)F)cc1. The van der Waals surface area contributed by atoms with Crippen molar-refractivity contribution in [3.8, 4) is 0 Å². The highest BCUT2D eigenvalue weighted by Gasteiger charge is 2.39. The second-order valence-corrected chi connectivity index (χ2v) is 6.69. The molecule has 0 aromatic heterocycles. The number of Topliss-reactive ketones (excluding diaryl/α,β-unsaturated/α-hetero) is 1. The van der Waals surface area contributed by atoms with Crippen LogP contribution in [0.4, 0.5) is 13.2 Å². The molecular weight excluding hydrogens is 319 g/mol. The Morgan fingerprint density at radius 2 is 1.50 bits per heavy atom. The van der Waals surface area contributed by atoms with Crippen molar-refractivity contribution in [3.63, 3.8) is 0 Å². The van der Waals surface area contributed by atoms with Crippen LogP contribution in [0, 0.1) is 0 Å². The summed E-state index contributed by atoms with van der Waals surface area (Å²) in [4.78, 5) is 11.0. The highest BCUT2D eigenvalue weighted by atomic mass is 32.2. The Balaban J connectivity index is 3.09. The van der Waals surface area contributed by atoms with Gasteiger partial charge < -0.3 is 0 Å². The molecule has 0 fully saturated rings. The van der Waals surface area contributed by atoms with Crippen LogP contribution in [0.25, 0.3) is 0 Å². The van der Waals surface area contributed by atoms with E-state index in [1.807, 2.05) is 13.8 Å². The fraction of sp³-hybridized carbons (Fsp3) is 0.500. The molecule has 0 saturated heterocycles. The maximum atomic E-state index is 12.4. The molecule has 0 aliphatic carbocycles. The number of hydrogen-bond donors (Lipinski definition) is 0. The van der Waals surface area contributed by atoms with Gasteiger partial charge in [0.15, 0.2) is 0 Å². The summed E-state index contributed by atoms with van der Waals surface area (Å²) in [5.74, 6) is -1.99. The zero-order valence-electron chi connectivity index (χ0n) is 12.4. The Hall–Kier alpha value is -1.41. The van der Waals surface area contributed by atoms with E-state index < -0.39 is 27.5 Å². The molecule has 0 atom stereocenters. The van der Waals surface area contributed by atoms with E-state index in [-0.39, 0.29) is 4.90 Å². The fourth-order valence-electron chi connectivity index (χ4n) is 1.94. The summed E-state index contributed by atoms with van der Waals surface area (Å²) >= 11 is 0. The predicted molar refractivity (Wildman–Crippen MR) is 76.2 cm³/mol. The lowest BCUT2D eigenvalue weighted by molar-refractivity contribution is -0.0885. The number of nitrogens with zero attached hydrogens (tertiary/aromatic N) is 1. The topological polar surface area (TPSA) is 54.5 Å². The normalized spacial score (nSPS) is 12.6. The molecule has 1 aromatic carbocycles. The lowest BCUT2D eigenvalue weighted by Gasteiger charge is -2.21. The first-order valence-corrected chi connectivity index (χ1v) is 8.30. The van der Waals surface area contributed by atoms with Gasteiger partial charge in [-0.1, -0.05) is 13.8 Å². The average Bonchev–Trinajstić information content (AvgIpc) is 2.45. The second kappa shape index (κ2) is 7.23. The summed E-state index contributed by atoms with van der Waals surface area (Å²) < 4.78 is 63.1. The first-order valence-electron chi connectivity index (χ1n) is 6.86. The van der Waals surface area contributed by atoms with Gasteiger partial charge in [0, 0.05) is 18.7 Å². The number of carbonyl (C=O) groups is 1. The van der Waals surface area contributed by atoms with Crippen LogP contribution in [-0.4, -0.2) is 37.8 Å². The molecule has 0 heterocycles. The molecule has 4 nitrogen and oxygen atoms in total. The van der Waals surface area contributed by atoms with Gasteiger partial charge in [0.2, 0.25) is 10.0 Å². The van der Waals surface area contributed by atoms with Gasteiger partial charge in [-0.2, -0.15) is 17.5 Å².